The lowest BCUT2D eigenvalue weighted by molar-refractivity contribution is -0.125. The average molecular weight is 529 g/mol. The minimum Gasteiger partial charge on any atom is -0.497 e. The van der Waals surface area contributed by atoms with Gasteiger partial charge in [-0.1, -0.05) is 6.08 Å². The Hall–Kier alpha value is -4.57. The number of amides is 1. The van der Waals surface area contributed by atoms with Crippen molar-refractivity contribution in [3.63, 3.8) is 0 Å². The number of nitrogen functional groups attached to an aromatic ring is 1. The van der Waals surface area contributed by atoms with Gasteiger partial charge in [0, 0.05) is 31.9 Å². The highest BCUT2D eigenvalue weighted by Crippen LogP contribution is 2.30. The number of aromatic nitrogens is 3. The molecular formula is C29H32N6O4. The highest BCUT2D eigenvalue weighted by Gasteiger charge is 2.30. The summed E-state index contributed by atoms with van der Waals surface area (Å²) in [4.78, 5) is 34.6. The SMILES string of the molecule is COc1ccc(Oc2ccc(-n3c(=O)n([C@@H]4CCN(C(=O)/C=C/CN(C)C)C4)c4ccnc(N)c43)cc2)cc1. The molecule has 1 saturated heterocycles. The van der Waals surface area contributed by atoms with Gasteiger partial charge in [0.15, 0.2) is 0 Å². The Bertz CT molecular complexity index is 1550. The molecule has 0 aliphatic carbocycles. The molecule has 10 heteroatoms. The maximum atomic E-state index is 13.9. The molecule has 3 heterocycles. The maximum Gasteiger partial charge on any atom is 0.334 e. The van der Waals surface area contributed by atoms with Crippen LogP contribution in [-0.4, -0.2) is 70.7 Å². The van der Waals surface area contributed by atoms with Gasteiger partial charge in [0.1, 0.15) is 28.6 Å². The van der Waals surface area contributed by atoms with Crippen molar-refractivity contribution in [2.24, 2.45) is 0 Å². The second kappa shape index (κ2) is 11.0. The van der Waals surface area contributed by atoms with Crippen molar-refractivity contribution in [2.45, 2.75) is 12.5 Å². The summed E-state index contributed by atoms with van der Waals surface area (Å²) in [5.41, 5.74) is 7.94. The second-order valence-electron chi connectivity index (χ2n) is 9.71. The Morgan fingerprint density at radius 3 is 2.41 bits per heavy atom. The van der Waals surface area contributed by atoms with E-state index >= 15 is 0 Å². The first-order valence-electron chi connectivity index (χ1n) is 12.8. The molecule has 5 rings (SSSR count). The standard InChI is InChI=1S/C29H32N6O4/c1-32(2)17-4-5-26(36)33-18-15-21(19-33)34-25-14-16-31-28(30)27(25)35(29(34)37)20-6-8-23(9-7-20)39-24-12-10-22(38-3)11-13-24/h4-14,16,21H,15,17-19H2,1-3H3,(H2,30,31)/b5-4+/t21-/m1/s1. The molecule has 1 aliphatic rings. The van der Waals surface area contributed by atoms with Gasteiger partial charge in [-0.05, 0) is 75.1 Å². The van der Waals surface area contributed by atoms with Crippen molar-refractivity contribution in [2.75, 3.05) is 46.6 Å². The third-order valence-electron chi connectivity index (χ3n) is 6.77. The van der Waals surface area contributed by atoms with Gasteiger partial charge in [-0.2, -0.15) is 0 Å². The lowest BCUT2D eigenvalue weighted by atomic mass is 10.2. The van der Waals surface area contributed by atoms with Crippen molar-refractivity contribution in [3.05, 3.63) is 83.4 Å². The fourth-order valence-electron chi connectivity index (χ4n) is 4.85. The first kappa shape index (κ1) is 26.1. The number of likely N-dealkylation sites (N-methyl/N-ethyl adjacent to an activating group) is 1. The third kappa shape index (κ3) is 5.37. The molecule has 0 bridgehead atoms. The third-order valence-corrected chi connectivity index (χ3v) is 6.77. The molecule has 0 unspecified atom stereocenters. The van der Waals surface area contributed by atoms with Gasteiger partial charge in [0.05, 0.1) is 24.4 Å². The van der Waals surface area contributed by atoms with Crippen LogP contribution in [-0.2, 0) is 4.79 Å². The zero-order valence-corrected chi connectivity index (χ0v) is 22.3. The fourth-order valence-corrected chi connectivity index (χ4v) is 4.85. The quantitative estimate of drug-likeness (QED) is 0.349. The minimum atomic E-state index is -0.226. The monoisotopic (exact) mass is 528 g/mol. The molecule has 0 spiro atoms. The van der Waals surface area contributed by atoms with Gasteiger partial charge in [-0.25, -0.2) is 9.78 Å². The predicted molar refractivity (Wildman–Crippen MR) is 151 cm³/mol. The van der Waals surface area contributed by atoms with Crippen molar-refractivity contribution in [1.82, 2.24) is 23.9 Å². The molecule has 202 valence electrons. The molecule has 2 N–H and O–H groups in total. The van der Waals surface area contributed by atoms with Gasteiger partial charge < -0.3 is 25.0 Å². The fraction of sp³-hybridized carbons (Fsp3) is 0.276. The summed E-state index contributed by atoms with van der Waals surface area (Å²) in [7, 11) is 5.51. The molecule has 2 aromatic heterocycles. The zero-order valence-electron chi connectivity index (χ0n) is 22.3. The van der Waals surface area contributed by atoms with Crippen LogP contribution in [0.1, 0.15) is 12.5 Å². The van der Waals surface area contributed by atoms with Crippen LogP contribution in [0.3, 0.4) is 0 Å². The zero-order chi connectivity index (χ0) is 27.5. The van der Waals surface area contributed by atoms with Crippen LogP contribution in [0.4, 0.5) is 5.82 Å². The van der Waals surface area contributed by atoms with Crippen molar-refractivity contribution < 1.29 is 14.3 Å². The summed E-state index contributed by atoms with van der Waals surface area (Å²) in [6.45, 7) is 1.71. The Labute approximate surface area is 226 Å². The van der Waals surface area contributed by atoms with E-state index in [1.807, 2.05) is 61.5 Å². The van der Waals surface area contributed by atoms with Crippen LogP contribution >= 0.6 is 0 Å². The number of ether oxygens (including phenoxy) is 2. The van der Waals surface area contributed by atoms with Gasteiger partial charge in [-0.3, -0.25) is 13.9 Å². The van der Waals surface area contributed by atoms with E-state index in [9.17, 15) is 9.59 Å². The summed E-state index contributed by atoms with van der Waals surface area (Å²) in [5.74, 6) is 2.25. The average Bonchev–Trinajstić information content (AvgIpc) is 3.52. The molecule has 0 saturated carbocycles. The largest absolute Gasteiger partial charge is 0.497 e. The van der Waals surface area contributed by atoms with Crippen molar-refractivity contribution in [3.8, 4) is 22.9 Å². The Morgan fingerprint density at radius 2 is 1.74 bits per heavy atom. The number of benzene rings is 2. The number of nitrogens with two attached hydrogens (primary N) is 1. The molecule has 1 fully saturated rings. The number of nitrogens with zero attached hydrogens (tertiary/aromatic N) is 5. The number of carbonyl (C=O) groups is 1. The number of likely N-dealkylation sites (tertiary alicyclic amines) is 1. The number of fused-ring (bicyclic) bond motifs is 1. The highest BCUT2D eigenvalue weighted by molar-refractivity contribution is 5.88. The van der Waals surface area contributed by atoms with Gasteiger partial charge >= 0.3 is 5.69 Å². The van der Waals surface area contributed by atoms with Crippen LogP contribution in [0.15, 0.2) is 77.7 Å². The normalized spacial score (nSPS) is 15.5. The van der Waals surface area contributed by atoms with E-state index in [4.69, 9.17) is 15.2 Å². The number of imidazole rings is 1. The number of hydrogen-bond donors (Lipinski definition) is 1. The molecular weight excluding hydrogens is 496 g/mol. The van der Waals surface area contributed by atoms with Gasteiger partial charge in [0.25, 0.3) is 0 Å². The minimum absolute atomic E-state index is 0.0511. The Balaban J connectivity index is 1.43. The maximum absolute atomic E-state index is 13.9. The Morgan fingerprint density at radius 1 is 1.08 bits per heavy atom. The van der Waals surface area contributed by atoms with E-state index in [0.717, 1.165) is 5.75 Å². The lowest BCUT2D eigenvalue weighted by Crippen LogP contribution is -2.31. The number of pyridine rings is 1. The molecule has 39 heavy (non-hydrogen) atoms. The first-order chi connectivity index (χ1) is 18.9. The number of carbonyl (C=O) groups excluding carboxylic acids is 1. The van der Waals surface area contributed by atoms with Crippen LogP contribution < -0.4 is 20.9 Å². The first-order valence-corrected chi connectivity index (χ1v) is 12.8. The summed E-state index contributed by atoms with van der Waals surface area (Å²) in [5, 5.41) is 0. The van der Waals surface area contributed by atoms with Crippen LogP contribution in [0.2, 0.25) is 0 Å². The number of hydrogen-bond acceptors (Lipinski definition) is 7. The highest BCUT2D eigenvalue weighted by atomic mass is 16.5. The van der Waals surface area contributed by atoms with E-state index in [2.05, 4.69) is 4.98 Å². The van der Waals surface area contributed by atoms with Crippen LogP contribution in [0.25, 0.3) is 16.7 Å². The number of rotatable bonds is 8. The molecule has 2 aromatic carbocycles. The number of anilines is 1. The van der Waals surface area contributed by atoms with E-state index in [-0.39, 0.29) is 23.5 Å². The molecule has 10 nitrogen and oxygen atoms in total. The molecule has 1 amide bonds. The summed E-state index contributed by atoms with van der Waals surface area (Å²) >= 11 is 0. The van der Waals surface area contributed by atoms with Crippen molar-refractivity contribution >= 4 is 22.8 Å². The van der Waals surface area contributed by atoms with Gasteiger partial charge in [0.2, 0.25) is 5.91 Å². The van der Waals surface area contributed by atoms with Gasteiger partial charge in [-0.15, -0.1) is 0 Å². The number of methoxy groups -OCH3 is 1. The topological polar surface area (TPSA) is 108 Å². The van der Waals surface area contributed by atoms with Crippen LogP contribution in [0, 0.1) is 0 Å². The van der Waals surface area contributed by atoms with E-state index in [1.165, 1.54) is 0 Å². The molecule has 1 aliphatic heterocycles. The lowest BCUT2D eigenvalue weighted by Gasteiger charge is -2.15. The molecule has 4 aromatic rings. The molecule has 0 radical (unpaired) electrons. The summed E-state index contributed by atoms with van der Waals surface area (Å²) in [6, 6.07) is 16.2. The molecule has 1 atom stereocenters. The predicted octanol–water partition coefficient (Wildman–Crippen LogP) is 3.46. The van der Waals surface area contributed by atoms with E-state index in [0.29, 0.717) is 54.3 Å². The van der Waals surface area contributed by atoms with E-state index < -0.39 is 0 Å². The van der Waals surface area contributed by atoms with Crippen LogP contribution in [0.5, 0.6) is 17.2 Å². The van der Waals surface area contributed by atoms with Crippen molar-refractivity contribution in [1.29, 1.82) is 0 Å². The smallest absolute Gasteiger partial charge is 0.334 e. The van der Waals surface area contributed by atoms with E-state index in [1.54, 1.807) is 51.6 Å². The summed E-state index contributed by atoms with van der Waals surface area (Å²) in [6.07, 6.45) is 5.72. The Kier molecular flexibility index (Phi) is 7.38. The second-order valence-corrected chi connectivity index (χ2v) is 9.71. The summed E-state index contributed by atoms with van der Waals surface area (Å²) < 4.78 is 14.5.